The van der Waals surface area contributed by atoms with E-state index in [1.165, 1.54) is 0 Å². The van der Waals surface area contributed by atoms with E-state index in [9.17, 15) is 8.42 Å². The van der Waals surface area contributed by atoms with Crippen molar-refractivity contribution in [2.75, 3.05) is 0 Å². The van der Waals surface area contributed by atoms with Crippen LogP contribution < -0.4 is 10.5 Å². The van der Waals surface area contributed by atoms with Crippen molar-refractivity contribution in [2.45, 2.75) is 58.0 Å². The predicted molar refractivity (Wildman–Crippen MR) is 90.6 cm³/mol. The van der Waals surface area contributed by atoms with Crippen molar-refractivity contribution in [1.29, 1.82) is 0 Å². The molecule has 1 aromatic rings. The maximum atomic E-state index is 12.6. The molecule has 3 N–H and O–H groups in total. The molecule has 0 radical (unpaired) electrons. The SMILES string of the molecule is CCC(CC)C(C)NS(=O)(=O)c1cc(CN)cc(C)c1Br. The number of benzene rings is 1. The molecule has 21 heavy (non-hydrogen) atoms. The molecule has 0 heterocycles. The van der Waals surface area contributed by atoms with E-state index in [2.05, 4.69) is 34.5 Å². The number of nitrogens with two attached hydrogens (primary N) is 1. The summed E-state index contributed by atoms with van der Waals surface area (Å²) >= 11 is 3.38. The average Bonchev–Trinajstić information content (AvgIpc) is 2.42. The zero-order valence-electron chi connectivity index (χ0n) is 13.1. The summed E-state index contributed by atoms with van der Waals surface area (Å²) in [6, 6.07) is 3.44. The normalized spacial score (nSPS) is 13.7. The fraction of sp³-hybridized carbons (Fsp3) is 0.600. The summed E-state index contributed by atoms with van der Waals surface area (Å²) < 4.78 is 28.7. The summed E-state index contributed by atoms with van der Waals surface area (Å²) in [5.74, 6) is 0.331. The number of rotatable bonds is 7. The minimum atomic E-state index is -3.56. The monoisotopic (exact) mass is 376 g/mol. The smallest absolute Gasteiger partial charge is 0.241 e. The highest BCUT2D eigenvalue weighted by Crippen LogP contribution is 2.28. The van der Waals surface area contributed by atoms with Gasteiger partial charge in [-0.1, -0.05) is 32.8 Å². The number of hydrogen-bond acceptors (Lipinski definition) is 3. The van der Waals surface area contributed by atoms with Crippen LogP contribution in [-0.2, 0) is 16.6 Å². The van der Waals surface area contributed by atoms with Crippen LogP contribution in [0.15, 0.2) is 21.5 Å². The molecule has 0 aliphatic rings. The molecular weight excluding hydrogens is 352 g/mol. The summed E-state index contributed by atoms with van der Waals surface area (Å²) in [6.07, 6.45) is 1.90. The highest BCUT2D eigenvalue weighted by molar-refractivity contribution is 9.10. The molecule has 6 heteroatoms. The van der Waals surface area contributed by atoms with E-state index >= 15 is 0 Å². The molecule has 4 nitrogen and oxygen atoms in total. The number of sulfonamides is 1. The quantitative estimate of drug-likeness (QED) is 0.766. The minimum absolute atomic E-state index is 0.0984. The van der Waals surface area contributed by atoms with E-state index in [1.807, 2.05) is 19.9 Å². The van der Waals surface area contributed by atoms with Crippen LogP contribution in [0.2, 0.25) is 0 Å². The molecule has 0 saturated carbocycles. The van der Waals surface area contributed by atoms with Gasteiger partial charge in [-0.3, -0.25) is 0 Å². The highest BCUT2D eigenvalue weighted by atomic mass is 79.9. The van der Waals surface area contributed by atoms with Crippen LogP contribution in [-0.4, -0.2) is 14.5 Å². The molecule has 1 rings (SSSR count). The lowest BCUT2D eigenvalue weighted by Gasteiger charge is -2.23. The van der Waals surface area contributed by atoms with Gasteiger partial charge in [-0.2, -0.15) is 0 Å². The Morgan fingerprint density at radius 2 is 1.86 bits per heavy atom. The average molecular weight is 377 g/mol. The van der Waals surface area contributed by atoms with Crippen molar-refractivity contribution in [3.63, 3.8) is 0 Å². The van der Waals surface area contributed by atoms with E-state index in [0.29, 0.717) is 16.9 Å². The third-order valence-electron chi connectivity index (χ3n) is 3.90. The van der Waals surface area contributed by atoms with Crippen molar-refractivity contribution in [2.24, 2.45) is 11.7 Å². The van der Waals surface area contributed by atoms with Crippen LogP contribution in [0, 0.1) is 12.8 Å². The fourth-order valence-corrected chi connectivity index (χ4v) is 4.90. The van der Waals surface area contributed by atoms with Gasteiger partial charge in [-0.25, -0.2) is 13.1 Å². The first-order valence-electron chi connectivity index (χ1n) is 7.28. The van der Waals surface area contributed by atoms with Gasteiger partial charge in [0.05, 0.1) is 4.90 Å². The lowest BCUT2D eigenvalue weighted by Crippen LogP contribution is -2.38. The van der Waals surface area contributed by atoms with Crippen LogP contribution in [0.25, 0.3) is 0 Å². The molecule has 0 bridgehead atoms. The van der Waals surface area contributed by atoms with E-state index < -0.39 is 10.0 Å². The van der Waals surface area contributed by atoms with E-state index in [1.54, 1.807) is 6.07 Å². The third kappa shape index (κ3) is 4.52. The van der Waals surface area contributed by atoms with Gasteiger partial charge in [0.1, 0.15) is 0 Å². The number of hydrogen-bond donors (Lipinski definition) is 2. The highest BCUT2D eigenvalue weighted by Gasteiger charge is 2.24. The second-order valence-corrected chi connectivity index (χ2v) is 7.89. The summed E-state index contributed by atoms with van der Waals surface area (Å²) in [7, 11) is -3.56. The molecule has 1 unspecified atom stereocenters. The van der Waals surface area contributed by atoms with Gasteiger partial charge in [0.2, 0.25) is 10.0 Å². The fourth-order valence-electron chi connectivity index (χ4n) is 2.52. The van der Waals surface area contributed by atoms with Crippen molar-refractivity contribution < 1.29 is 8.42 Å². The molecule has 0 saturated heterocycles. The molecular formula is C15H25BrN2O2S. The molecule has 1 aromatic carbocycles. The molecule has 1 atom stereocenters. The Bertz CT molecular complexity index is 584. The van der Waals surface area contributed by atoms with Gasteiger partial charge < -0.3 is 5.73 Å². The Morgan fingerprint density at radius 3 is 2.33 bits per heavy atom. The summed E-state index contributed by atoms with van der Waals surface area (Å²) in [5.41, 5.74) is 7.32. The topological polar surface area (TPSA) is 72.2 Å². The Balaban J connectivity index is 3.16. The van der Waals surface area contributed by atoms with Gasteiger partial charge in [0.15, 0.2) is 0 Å². The van der Waals surface area contributed by atoms with Crippen LogP contribution in [0.5, 0.6) is 0 Å². The van der Waals surface area contributed by atoms with Crippen molar-refractivity contribution >= 4 is 26.0 Å². The van der Waals surface area contributed by atoms with Gasteiger partial charge in [0, 0.05) is 17.1 Å². The van der Waals surface area contributed by atoms with E-state index in [4.69, 9.17) is 5.73 Å². The summed E-state index contributed by atoms with van der Waals surface area (Å²) in [5, 5.41) is 0. The van der Waals surface area contributed by atoms with E-state index in [0.717, 1.165) is 24.0 Å². The molecule has 0 fully saturated rings. The standard InChI is InChI=1S/C15H25BrN2O2S/c1-5-13(6-2)11(4)18-21(19,20)14-8-12(9-17)7-10(3)15(14)16/h7-8,11,13,18H,5-6,9,17H2,1-4H3. The van der Waals surface area contributed by atoms with Crippen LogP contribution in [0.1, 0.15) is 44.7 Å². The van der Waals surface area contributed by atoms with Crippen molar-refractivity contribution in [1.82, 2.24) is 4.72 Å². The molecule has 0 amide bonds. The van der Waals surface area contributed by atoms with Gasteiger partial charge in [-0.05, 0) is 52.9 Å². The lowest BCUT2D eigenvalue weighted by molar-refractivity contribution is 0.390. The third-order valence-corrected chi connectivity index (χ3v) is 6.80. The molecule has 0 aliphatic heterocycles. The minimum Gasteiger partial charge on any atom is -0.326 e. The Labute approximate surface area is 136 Å². The molecule has 0 spiro atoms. The first-order chi connectivity index (χ1) is 9.76. The maximum absolute atomic E-state index is 12.6. The second kappa shape index (κ2) is 7.72. The zero-order valence-corrected chi connectivity index (χ0v) is 15.5. The lowest BCUT2D eigenvalue weighted by atomic mass is 9.96. The Hall–Kier alpha value is -0.430. The first-order valence-corrected chi connectivity index (χ1v) is 9.55. The number of nitrogens with one attached hydrogen (secondary N) is 1. The molecule has 120 valence electrons. The predicted octanol–water partition coefficient (Wildman–Crippen LogP) is 3.32. The molecule has 0 aliphatic carbocycles. The second-order valence-electron chi connectivity index (χ2n) is 5.42. The Morgan fingerprint density at radius 1 is 1.29 bits per heavy atom. The number of halogens is 1. The van der Waals surface area contributed by atoms with Gasteiger partial charge in [0.25, 0.3) is 0 Å². The van der Waals surface area contributed by atoms with Crippen LogP contribution >= 0.6 is 15.9 Å². The Kier molecular flexibility index (Phi) is 6.84. The van der Waals surface area contributed by atoms with Gasteiger partial charge in [-0.15, -0.1) is 0 Å². The van der Waals surface area contributed by atoms with E-state index in [-0.39, 0.29) is 10.9 Å². The van der Waals surface area contributed by atoms with Crippen LogP contribution in [0.4, 0.5) is 0 Å². The van der Waals surface area contributed by atoms with Gasteiger partial charge >= 0.3 is 0 Å². The first kappa shape index (κ1) is 18.6. The number of aryl methyl sites for hydroxylation is 1. The summed E-state index contributed by atoms with van der Waals surface area (Å²) in [4.78, 5) is 0.265. The van der Waals surface area contributed by atoms with Crippen LogP contribution in [0.3, 0.4) is 0 Å². The van der Waals surface area contributed by atoms with Crippen molar-refractivity contribution in [3.05, 3.63) is 27.7 Å². The largest absolute Gasteiger partial charge is 0.326 e. The summed E-state index contributed by atoms with van der Waals surface area (Å²) in [6.45, 7) is 8.26. The maximum Gasteiger partial charge on any atom is 0.241 e. The zero-order chi connectivity index (χ0) is 16.2. The molecule has 0 aromatic heterocycles. The van der Waals surface area contributed by atoms with Crippen molar-refractivity contribution in [3.8, 4) is 0 Å².